The Labute approximate surface area is 115 Å². The highest BCUT2D eigenvalue weighted by Gasteiger charge is 2.04. The maximum absolute atomic E-state index is 9.03. The van der Waals surface area contributed by atoms with Crippen LogP contribution in [0.2, 0.25) is 0 Å². The van der Waals surface area contributed by atoms with E-state index in [9.17, 15) is 0 Å². The summed E-state index contributed by atoms with van der Waals surface area (Å²) in [6.45, 7) is 1.09. The molecule has 0 spiro atoms. The van der Waals surface area contributed by atoms with Gasteiger partial charge in [0.25, 0.3) is 0 Å². The van der Waals surface area contributed by atoms with Gasteiger partial charge >= 0.3 is 0 Å². The number of imidazole rings is 1. The highest BCUT2D eigenvalue weighted by atomic mass is 16.3. The number of hydrogen-bond donors (Lipinski definition) is 2. The van der Waals surface area contributed by atoms with E-state index in [2.05, 4.69) is 19.9 Å². The van der Waals surface area contributed by atoms with E-state index in [0.29, 0.717) is 18.6 Å². The number of aromatic amines is 1. The normalized spacial score (nSPS) is 12.2. The second-order valence-electron chi connectivity index (χ2n) is 4.39. The molecular formula is C14H15N5O. The van der Waals surface area contributed by atoms with Crippen molar-refractivity contribution in [3.63, 3.8) is 0 Å². The van der Waals surface area contributed by atoms with Gasteiger partial charge in [0.2, 0.25) is 0 Å². The fourth-order valence-corrected chi connectivity index (χ4v) is 2.05. The fourth-order valence-electron chi connectivity index (χ4n) is 2.05. The van der Waals surface area contributed by atoms with Crippen molar-refractivity contribution < 1.29 is 5.11 Å². The third-order valence-electron chi connectivity index (χ3n) is 3.03. The Bertz CT molecular complexity index is 760. The summed E-state index contributed by atoms with van der Waals surface area (Å²) < 4.78 is 1.80. The van der Waals surface area contributed by atoms with Gasteiger partial charge in [-0.25, -0.2) is 9.97 Å². The van der Waals surface area contributed by atoms with Crippen molar-refractivity contribution >= 4 is 11.2 Å². The lowest BCUT2D eigenvalue weighted by atomic mass is 10.2. The molecule has 3 rings (SSSR count). The highest BCUT2D eigenvalue weighted by Crippen LogP contribution is 2.03. The van der Waals surface area contributed by atoms with Crippen LogP contribution in [0.1, 0.15) is 5.56 Å². The number of aliphatic hydroxyl groups excluding tert-OH is 1. The van der Waals surface area contributed by atoms with Crippen LogP contribution in [-0.2, 0) is 13.1 Å². The zero-order chi connectivity index (χ0) is 13.8. The SMILES string of the molecule is OCCn1cnc(=NCc2ccccc2)c2[nH]cnc21. The lowest BCUT2D eigenvalue weighted by molar-refractivity contribution is 0.277. The van der Waals surface area contributed by atoms with Crippen molar-refractivity contribution in [2.24, 2.45) is 4.99 Å². The maximum Gasteiger partial charge on any atom is 0.177 e. The van der Waals surface area contributed by atoms with Crippen molar-refractivity contribution in [2.75, 3.05) is 6.61 Å². The highest BCUT2D eigenvalue weighted by molar-refractivity contribution is 5.68. The summed E-state index contributed by atoms with van der Waals surface area (Å²) in [6.07, 6.45) is 3.27. The Kier molecular flexibility index (Phi) is 3.56. The van der Waals surface area contributed by atoms with E-state index in [1.165, 1.54) is 0 Å². The molecule has 2 aromatic heterocycles. The van der Waals surface area contributed by atoms with Gasteiger partial charge in [0, 0.05) is 6.54 Å². The maximum atomic E-state index is 9.03. The Morgan fingerprint density at radius 1 is 1.20 bits per heavy atom. The second kappa shape index (κ2) is 5.66. The van der Waals surface area contributed by atoms with Crippen LogP contribution in [-0.4, -0.2) is 31.2 Å². The predicted octanol–water partition coefficient (Wildman–Crippen LogP) is 0.853. The molecule has 3 aromatic rings. The number of nitrogens with one attached hydrogen (secondary N) is 1. The lowest BCUT2D eigenvalue weighted by Crippen LogP contribution is -2.15. The molecule has 0 fully saturated rings. The average Bonchev–Trinajstić information content (AvgIpc) is 2.98. The van der Waals surface area contributed by atoms with Gasteiger partial charge in [-0.15, -0.1) is 0 Å². The zero-order valence-corrected chi connectivity index (χ0v) is 10.9. The molecule has 102 valence electrons. The molecule has 2 N–H and O–H groups in total. The molecule has 0 radical (unpaired) electrons. The van der Waals surface area contributed by atoms with Crippen LogP contribution < -0.4 is 5.49 Å². The first-order valence-electron chi connectivity index (χ1n) is 6.42. The molecule has 6 nitrogen and oxygen atoms in total. The first-order chi connectivity index (χ1) is 9.88. The van der Waals surface area contributed by atoms with Crippen molar-refractivity contribution in [1.82, 2.24) is 19.5 Å². The molecule has 0 amide bonds. The number of fused-ring (bicyclic) bond motifs is 1. The van der Waals surface area contributed by atoms with E-state index in [1.807, 2.05) is 30.3 Å². The summed E-state index contributed by atoms with van der Waals surface area (Å²) in [7, 11) is 0. The summed E-state index contributed by atoms with van der Waals surface area (Å²) in [5, 5.41) is 9.03. The fraction of sp³-hybridized carbons (Fsp3) is 0.214. The van der Waals surface area contributed by atoms with Gasteiger partial charge in [-0.2, -0.15) is 0 Å². The number of H-pyrrole nitrogens is 1. The first kappa shape index (κ1) is 12.6. The summed E-state index contributed by atoms with van der Waals surface area (Å²) >= 11 is 0. The molecule has 0 saturated heterocycles. The Hall–Kier alpha value is -2.47. The Balaban J connectivity index is 2.00. The molecule has 0 aliphatic heterocycles. The van der Waals surface area contributed by atoms with Crippen molar-refractivity contribution in [3.8, 4) is 0 Å². The third-order valence-corrected chi connectivity index (χ3v) is 3.03. The Morgan fingerprint density at radius 3 is 2.85 bits per heavy atom. The van der Waals surface area contributed by atoms with E-state index in [4.69, 9.17) is 5.11 Å². The minimum atomic E-state index is 0.0504. The molecule has 20 heavy (non-hydrogen) atoms. The summed E-state index contributed by atoms with van der Waals surface area (Å²) in [5.74, 6) is 0. The van der Waals surface area contributed by atoms with Gasteiger partial charge in [-0.3, -0.25) is 4.99 Å². The number of aromatic nitrogens is 4. The molecule has 0 atom stereocenters. The number of rotatable bonds is 4. The standard InChI is InChI=1S/C14H15N5O/c20-7-6-19-10-18-13(12-14(19)17-9-16-12)15-8-11-4-2-1-3-5-11/h1-5,9-10,20H,6-8H2,(H,16,17). The van der Waals surface area contributed by atoms with Crippen LogP contribution in [0, 0.1) is 0 Å². The van der Waals surface area contributed by atoms with E-state index in [1.54, 1.807) is 17.2 Å². The molecule has 0 unspecified atom stereocenters. The first-order valence-corrected chi connectivity index (χ1v) is 6.42. The second-order valence-corrected chi connectivity index (χ2v) is 4.39. The van der Waals surface area contributed by atoms with E-state index < -0.39 is 0 Å². The van der Waals surface area contributed by atoms with Gasteiger partial charge in [-0.05, 0) is 5.56 Å². The lowest BCUT2D eigenvalue weighted by Gasteiger charge is -2.04. The van der Waals surface area contributed by atoms with E-state index in [-0.39, 0.29) is 6.61 Å². The summed E-state index contributed by atoms with van der Waals surface area (Å²) in [5.41, 5.74) is 3.31. The number of nitrogens with zero attached hydrogens (tertiary/aromatic N) is 4. The topological polar surface area (TPSA) is 79.1 Å². The van der Waals surface area contributed by atoms with Crippen LogP contribution in [0.3, 0.4) is 0 Å². The molecule has 6 heteroatoms. The molecule has 0 bridgehead atoms. The Morgan fingerprint density at radius 2 is 2.05 bits per heavy atom. The molecular weight excluding hydrogens is 254 g/mol. The van der Waals surface area contributed by atoms with Crippen LogP contribution in [0.4, 0.5) is 0 Å². The molecule has 1 aromatic carbocycles. The van der Waals surface area contributed by atoms with Crippen molar-refractivity contribution in [1.29, 1.82) is 0 Å². The van der Waals surface area contributed by atoms with Gasteiger partial charge in [0.05, 0.1) is 25.8 Å². The van der Waals surface area contributed by atoms with Gasteiger partial charge in [0.1, 0.15) is 5.52 Å². The molecule has 0 aliphatic rings. The zero-order valence-electron chi connectivity index (χ0n) is 10.9. The minimum absolute atomic E-state index is 0.0504. The largest absolute Gasteiger partial charge is 0.395 e. The van der Waals surface area contributed by atoms with Crippen molar-refractivity contribution in [2.45, 2.75) is 13.1 Å². The molecule has 2 heterocycles. The number of hydrogen-bond acceptors (Lipinski definition) is 4. The summed E-state index contributed by atoms with van der Waals surface area (Å²) in [6, 6.07) is 10.0. The van der Waals surface area contributed by atoms with E-state index in [0.717, 1.165) is 16.7 Å². The van der Waals surface area contributed by atoms with Crippen LogP contribution in [0.25, 0.3) is 11.2 Å². The molecule has 0 saturated carbocycles. The number of benzene rings is 1. The third kappa shape index (κ3) is 2.46. The van der Waals surface area contributed by atoms with Crippen LogP contribution in [0.15, 0.2) is 48.0 Å². The van der Waals surface area contributed by atoms with Gasteiger partial charge < -0.3 is 14.7 Å². The average molecular weight is 269 g/mol. The molecule has 0 aliphatic carbocycles. The van der Waals surface area contributed by atoms with Gasteiger partial charge in [0.15, 0.2) is 11.1 Å². The number of aliphatic hydroxyl groups is 1. The van der Waals surface area contributed by atoms with Crippen LogP contribution in [0.5, 0.6) is 0 Å². The minimum Gasteiger partial charge on any atom is -0.395 e. The monoisotopic (exact) mass is 269 g/mol. The predicted molar refractivity (Wildman–Crippen MR) is 74.7 cm³/mol. The quantitative estimate of drug-likeness (QED) is 0.737. The van der Waals surface area contributed by atoms with Gasteiger partial charge in [-0.1, -0.05) is 30.3 Å². The smallest absolute Gasteiger partial charge is 0.177 e. The summed E-state index contributed by atoms with van der Waals surface area (Å²) in [4.78, 5) is 16.1. The van der Waals surface area contributed by atoms with E-state index >= 15 is 0 Å². The van der Waals surface area contributed by atoms with Crippen molar-refractivity contribution in [3.05, 3.63) is 54.0 Å². The van der Waals surface area contributed by atoms with Crippen LogP contribution >= 0.6 is 0 Å².